The van der Waals surface area contributed by atoms with Crippen molar-refractivity contribution in [2.75, 3.05) is 5.32 Å². The summed E-state index contributed by atoms with van der Waals surface area (Å²) in [7, 11) is 0. The molecule has 14 heavy (non-hydrogen) atoms. The van der Waals surface area contributed by atoms with Crippen LogP contribution in [-0.4, -0.2) is 11.7 Å². The van der Waals surface area contributed by atoms with Crippen molar-refractivity contribution in [2.24, 2.45) is 0 Å². The van der Waals surface area contributed by atoms with Gasteiger partial charge in [-0.3, -0.25) is 4.79 Å². The van der Waals surface area contributed by atoms with E-state index in [2.05, 4.69) is 19.2 Å². The molecule has 1 rings (SSSR count). The van der Waals surface area contributed by atoms with Gasteiger partial charge >= 0.3 is 0 Å². The van der Waals surface area contributed by atoms with Crippen molar-refractivity contribution in [2.45, 2.75) is 24.9 Å². The van der Waals surface area contributed by atoms with Gasteiger partial charge in [0, 0.05) is 11.4 Å². The van der Waals surface area contributed by atoms with Crippen LogP contribution >= 0.6 is 11.8 Å². The van der Waals surface area contributed by atoms with Crippen molar-refractivity contribution in [1.29, 1.82) is 0 Å². The quantitative estimate of drug-likeness (QED) is 0.755. The van der Waals surface area contributed by atoms with E-state index < -0.39 is 0 Å². The SMILES string of the molecule is CC(C)SCc1ccccc1NC=O. The first-order valence-electron chi connectivity index (χ1n) is 4.63. The van der Waals surface area contributed by atoms with E-state index in [0.29, 0.717) is 5.25 Å². The van der Waals surface area contributed by atoms with Crippen molar-refractivity contribution in [3.8, 4) is 0 Å². The molecule has 0 spiro atoms. The van der Waals surface area contributed by atoms with Crippen LogP contribution in [-0.2, 0) is 10.5 Å². The van der Waals surface area contributed by atoms with Gasteiger partial charge in [0.25, 0.3) is 0 Å². The smallest absolute Gasteiger partial charge is 0.211 e. The summed E-state index contributed by atoms with van der Waals surface area (Å²) in [5.41, 5.74) is 2.09. The van der Waals surface area contributed by atoms with Gasteiger partial charge in [0.05, 0.1) is 0 Å². The maximum absolute atomic E-state index is 10.3. The molecular weight excluding hydrogens is 194 g/mol. The minimum Gasteiger partial charge on any atom is -0.328 e. The molecule has 0 atom stereocenters. The number of hydrogen-bond acceptors (Lipinski definition) is 2. The normalized spacial score (nSPS) is 10.2. The molecule has 76 valence electrons. The summed E-state index contributed by atoms with van der Waals surface area (Å²) in [5, 5.41) is 3.32. The molecule has 1 N–H and O–H groups in total. The minimum absolute atomic E-state index is 0.610. The fourth-order valence-electron chi connectivity index (χ4n) is 1.11. The van der Waals surface area contributed by atoms with E-state index in [1.807, 2.05) is 36.0 Å². The third-order valence-corrected chi connectivity index (χ3v) is 2.95. The number of carbonyl (C=O) groups excluding carboxylic acids is 1. The first-order chi connectivity index (χ1) is 6.74. The van der Waals surface area contributed by atoms with Crippen LogP contribution in [0.4, 0.5) is 5.69 Å². The Morgan fingerprint density at radius 1 is 1.43 bits per heavy atom. The fourth-order valence-corrected chi connectivity index (χ4v) is 1.87. The Labute approximate surface area is 89.1 Å². The monoisotopic (exact) mass is 209 g/mol. The Morgan fingerprint density at radius 3 is 2.79 bits per heavy atom. The summed E-state index contributed by atoms with van der Waals surface area (Å²) in [6.45, 7) is 4.33. The molecular formula is C11H15NOS. The highest BCUT2D eigenvalue weighted by molar-refractivity contribution is 7.99. The predicted molar refractivity (Wildman–Crippen MR) is 62.6 cm³/mol. The highest BCUT2D eigenvalue weighted by atomic mass is 32.2. The third-order valence-electron chi connectivity index (χ3n) is 1.80. The van der Waals surface area contributed by atoms with Gasteiger partial charge < -0.3 is 5.32 Å². The Hall–Kier alpha value is -0.960. The zero-order chi connectivity index (χ0) is 10.4. The molecule has 0 heterocycles. The van der Waals surface area contributed by atoms with Crippen LogP contribution in [0, 0.1) is 0 Å². The molecule has 0 aliphatic carbocycles. The van der Waals surface area contributed by atoms with E-state index in [4.69, 9.17) is 0 Å². The zero-order valence-corrected chi connectivity index (χ0v) is 9.30. The summed E-state index contributed by atoms with van der Waals surface area (Å²) in [5.74, 6) is 0.939. The van der Waals surface area contributed by atoms with Gasteiger partial charge in [-0.25, -0.2) is 0 Å². The Kier molecular flexibility index (Phi) is 4.53. The lowest BCUT2D eigenvalue weighted by Crippen LogP contribution is -1.98. The van der Waals surface area contributed by atoms with Gasteiger partial charge in [-0.1, -0.05) is 32.0 Å². The number of carbonyl (C=O) groups is 1. The lowest BCUT2D eigenvalue weighted by atomic mass is 10.2. The third kappa shape index (κ3) is 3.42. The molecule has 0 saturated heterocycles. The van der Waals surface area contributed by atoms with Crippen molar-refractivity contribution in [3.05, 3.63) is 29.8 Å². The van der Waals surface area contributed by atoms with Crippen LogP contribution in [0.15, 0.2) is 24.3 Å². The summed E-state index contributed by atoms with van der Waals surface area (Å²) in [4.78, 5) is 10.3. The van der Waals surface area contributed by atoms with Crippen molar-refractivity contribution < 1.29 is 4.79 Å². The second kappa shape index (κ2) is 5.70. The summed E-state index contributed by atoms with van der Waals surface area (Å²) in [6.07, 6.45) is 0.721. The van der Waals surface area contributed by atoms with Crippen LogP contribution in [0.1, 0.15) is 19.4 Å². The fraction of sp³-hybridized carbons (Fsp3) is 0.364. The summed E-state index contributed by atoms with van der Waals surface area (Å²) in [6, 6.07) is 7.88. The number of thioether (sulfide) groups is 1. The van der Waals surface area contributed by atoms with E-state index in [-0.39, 0.29) is 0 Å². The van der Waals surface area contributed by atoms with Crippen molar-refractivity contribution in [1.82, 2.24) is 0 Å². The van der Waals surface area contributed by atoms with E-state index >= 15 is 0 Å². The van der Waals surface area contributed by atoms with Gasteiger partial charge in [-0.2, -0.15) is 11.8 Å². The molecule has 0 aliphatic heterocycles. The molecule has 1 aromatic rings. The van der Waals surface area contributed by atoms with Gasteiger partial charge in [-0.15, -0.1) is 0 Å². The van der Waals surface area contributed by atoms with Crippen LogP contribution < -0.4 is 5.32 Å². The molecule has 0 unspecified atom stereocenters. The van der Waals surface area contributed by atoms with Crippen LogP contribution in [0.2, 0.25) is 0 Å². The van der Waals surface area contributed by atoms with E-state index in [0.717, 1.165) is 17.9 Å². The second-order valence-electron chi connectivity index (χ2n) is 3.28. The van der Waals surface area contributed by atoms with Crippen LogP contribution in [0.3, 0.4) is 0 Å². The number of para-hydroxylation sites is 1. The number of amides is 1. The van der Waals surface area contributed by atoms with Gasteiger partial charge in [-0.05, 0) is 16.9 Å². The molecule has 0 radical (unpaired) electrons. The predicted octanol–water partition coefficient (Wildman–Crippen LogP) is 2.90. The largest absolute Gasteiger partial charge is 0.328 e. The maximum Gasteiger partial charge on any atom is 0.211 e. The standard InChI is InChI=1S/C11H15NOS/c1-9(2)14-7-10-5-3-4-6-11(10)12-8-13/h3-6,8-9H,7H2,1-2H3,(H,12,13). The molecule has 1 aromatic carbocycles. The number of hydrogen-bond donors (Lipinski definition) is 1. The number of anilines is 1. The van der Waals surface area contributed by atoms with E-state index in [9.17, 15) is 4.79 Å². The lowest BCUT2D eigenvalue weighted by Gasteiger charge is -2.09. The van der Waals surface area contributed by atoms with Crippen LogP contribution in [0.25, 0.3) is 0 Å². The maximum atomic E-state index is 10.3. The molecule has 0 aliphatic rings. The van der Waals surface area contributed by atoms with E-state index in [1.165, 1.54) is 5.56 Å². The molecule has 1 amide bonds. The molecule has 2 nitrogen and oxygen atoms in total. The van der Waals surface area contributed by atoms with Crippen molar-refractivity contribution >= 4 is 23.9 Å². The van der Waals surface area contributed by atoms with Gasteiger partial charge in [0.2, 0.25) is 6.41 Å². The molecule has 0 fully saturated rings. The summed E-state index contributed by atoms with van der Waals surface area (Å²) < 4.78 is 0. The average Bonchev–Trinajstić information content (AvgIpc) is 2.17. The van der Waals surface area contributed by atoms with Gasteiger partial charge in [0.15, 0.2) is 0 Å². The summed E-state index contributed by atoms with van der Waals surface area (Å²) >= 11 is 1.87. The first-order valence-corrected chi connectivity index (χ1v) is 5.68. The Morgan fingerprint density at radius 2 is 2.14 bits per heavy atom. The minimum atomic E-state index is 0.610. The highest BCUT2D eigenvalue weighted by Gasteiger charge is 2.01. The zero-order valence-electron chi connectivity index (χ0n) is 8.49. The van der Waals surface area contributed by atoms with E-state index in [1.54, 1.807) is 0 Å². The van der Waals surface area contributed by atoms with Gasteiger partial charge in [0.1, 0.15) is 0 Å². The van der Waals surface area contributed by atoms with Crippen LogP contribution in [0.5, 0.6) is 0 Å². The Balaban J connectivity index is 2.68. The highest BCUT2D eigenvalue weighted by Crippen LogP contribution is 2.22. The number of rotatable bonds is 5. The molecule has 0 bridgehead atoms. The Bertz CT molecular complexity index is 299. The molecule has 3 heteroatoms. The topological polar surface area (TPSA) is 29.1 Å². The lowest BCUT2D eigenvalue weighted by molar-refractivity contribution is -0.105. The molecule has 0 saturated carbocycles. The second-order valence-corrected chi connectivity index (χ2v) is 4.84. The number of benzene rings is 1. The number of nitrogens with one attached hydrogen (secondary N) is 1. The molecule has 0 aromatic heterocycles. The van der Waals surface area contributed by atoms with Crippen molar-refractivity contribution in [3.63, 3.8) is 0 Å². The first kappa shape index (κ1) is 11.1. The average molecular weight is 209 g/mol.